The second kappa shape index (κ2) is 11.0. The molecule has 3 aromatic carbocycles. The molecule has 1 aliphatic heterocycles. The van der Waals surface area contributed by atoms with Gasteiger partial charge in [-0.25, -0.2) is 4.98 Å². The molecule has 0 spiro atoms. The fourth-order valence-corrected chi connectivity index (χ4v) is 4.88. The van der Waals surface area contributed by atoms with Gasteiger partial charge in [0, 0.05) is 55.7 Å². The Bertz CT molecular complexity index is 1510. The average molecular weight is 563 g/mol. The highest BCUT2D eigenvalue weighted by Crippen LogP contribution is 2.34. The van der Waals surface area contributed by atoms with Crippen molar-refractivity contribution in [1.29, 1.82) is 0 Å². The molecule has 0 atom stereocenters. The molecule has 1 saturated heterocycles. The van der Waals surface area contributed by atoms with Gasteiger partial charge in [-0.2, -0.15) is 13.2 Å². The Kier molecular flexibility index (Phi) is 7.55. The Morgan fingerprint density at radius 2 is 1.49 bits per heavy atom. The van der Waals surface area contributed by atoms with Crippen molar-refractivity contribution < 1.29 is 22.4 Å². The zero-order valence-corrected chi connectivity index (χ0v) is 23.5. The van der Waals surface area contributed by atoms with Crippen LogP contribution in [0.3, 0.4) is 0 Å². The molecule has 1 aliphatic rings. The van der Waals surface area contributed by atoms with Gasteiger partial charge in [0.15, 0.2) is 11.5 Å². The molecule has 5 rings (SSSR count). The molecule has 0 unspecified atom stereocenters. The number of aromatic nitrogens is 1. The van der Waals surface area contributed by atoms with Crippen LogP contribution >= 0.6 is 0 Å². The van der Waals surface area contributed by atoms with E-state index in [0.717, 1.165) is 28.9 Å². The summed E-state index contributed by atoms with van der Waals surface area (Å²) in [5.74, 6) is 0.458. The van der Waals surface area contributed by atoms with Crippen molar-refractivity contribution in [3.63, 3.8) is 0 Å². The minimum atomic E-state index is -4.41. The van der Waals surface area contributed by atoms with Crippen LogP contribution in [-0.2, 0) is 11.6 Å². The number of rotatable bonds is 5. The number of oxazole rings is 1. The molecular formula is C32H33F3N4O2. The Hall–Kier alpha value is -4.27. The maximum atomic E-state index is 13.8. The van der Waals surface area contributed by atoms with Crippen LogP contribution in [0.15, 0.2) is 77.2 Å². The van der Waals surface area contributed by atoms with E-state index in [-0.39, 0.29) is 17.0 Å². The van der Waals surface area contributed by atoms with E-state index in [4.69, 9.17) is 4.42 Å². The summed E-state index contributed by atoms with van der Waals surface area (Å²) in [4.78, 5) is 22.0. The first-order chi connectivity index (χ1) is 19.4. The molecule has 1 fully saturated rings. The summed E-state index contributed by atoms with van der Waals surface area (Å²) in [6.45, 7) is 7.92. The van der Waals surface area contributed by atoms with E-state index in [2.05, 4.69) is 31.1 Å². The average Bonchev–Trinajstić information content (AvgIpc) is 3.42. The lowest BCUT2D eigenvalue weighted by Gasteiger charge is -2.36. The number of alkyl halides is 3. The third-order valence-corrected chi connectivity index (χ3v) is 7.37. The zero-order valence-electron chi connectivity index (χ0n) is 23.5. The molecule has 2 heterocycles. The summed E-state index contributed by atoms with van der Waals surface area (Å²) in [6.07, 6.45) is -4.41. The molecule has 6 nitrogen and oxygen atoms in total. The monoisotopic (exact) mass is 562 g/mol. The Labute approximate surface area is 237 Å². The summed E-state index contributed by atoms with van der Waals surface area (Å²) < 4.78 is 45.9. The van der Waals surface area contributed by atoms with Gasteiger partial charge in [0.25, 0.3) is 5.91 Å². The molecular weight excluding hydrogens is 529 g/mol. The van der Waals surface area contributed by atoms with E-state index < -0.39 is 11.7 Å². The maximum absolute atomic E-state index is 13.8. The molecule has 214 valence electrons. The zero-order chi connectivity index (χ0) is 29.4. The van der Waals surface area contributed by atoms with Gasteiger partial charge in [-0.3, -0.25) is 4.79 Å². The van der Waals surface area contributed by atoms with Crippen LogP contribution in [0.1, 0.15) is 42.4 Å². The van der Waals surface area contributed by atoms with Crippen LogP contribution in [0.4, 0.5) is 24.5 Å². The highest BCUT2D eigenvalue weighted by Gasteiger charge is 2.32. The lowest BCUT2D eigenvalue weighted by molar-refractivity contribution is -0.137. The number of hydrogen-bond donors (Lipinski definition) is 1. The molecule has 0 aliphatic carbocycles. The first-order valence-corrected chi connectivity index (χ1v) is 13.6. The first-order valence-electron chi connectivity index (χ1n) is 13.6. The second-order valence-electron chi connectivity index (χ2n) is 11.2. The number of benzene rings is 3. The number of anilines is 2. The second-order valence-corrected chi connectivity index (χ2v) is 11.2. The van der Waals surface area contributed by atoms with Crippen molar-refractivity contribution in [2.45, 2.75) is 32.4 Å². The van der Waals surface area contributed by atoms with Crippen molar-refractivity contribution in [3.05, 3.63) is 89.6 Å². The third-order valence-electron chi connectivity index (χ3n) is 7.37. The minimum Gasteiger partial charge on any atom is -0.435 e. The fourth-order valence-electron chi connectivity index (χ4n) is 4.88. The number of piperazine rings is 1. The highest BCUT2D eigenvalue weighted by atomic mass is 19.4. The summed E-state index contributed by atoms with van der Waals surface area (Å²) >= 11 is 0. The highest BCUT2D eigenvalue weighted by molar-refractivity contribution is 5.98. The van der Waals surface area contributed by atoms with Gasteiger partial charge < -0.3 is 19.5 Å². The van der Waals surface area contributed by atoms with Gasteiger partial charge >= 0.3 is 6.18 Å². The van der Waals surface area contributed by atoms with Crippen LogP contribution in [0.2, 0.25) is 0 Å². The predicted octanol–water partition coefficient (Wildman–Crippen LogP) is 7.33. The number of amides is 1. The summed E-state index contributed by atoms with van der Waals surface area (Å²) in [6, 6.07) is 20.8. The van der Waals surface area contributed by atoms with Gasteiger partial charge in [-0.15, -0.1) is 0 Å². The smallest absolute Gasteiger partial charge is 0.416 e. The topological polar surface area (TPSA) is 61.6 Å². The predicted molar refractivity (Wildman–Crippen MR) is 155 cm³/mol. The quantitative estimate of drug-likeness (QED) is 0.276. The number of hydrogen-bond acceptors (Lipinski definition) is 5. The van der Waals surface area contributed by atoms with Crippen LogP contribution in [0, 0.1) is 0 Å². The number of nitrogens with zero attached hydrogens (tertiary/aromatic N) is 3. The van der Waals surface area contributed by atoms with Crippen LogP contribution in [-0.4, -0.2) is 49.0 Å². The van der Waals surface area contributed by atoms with E-state index >= 15 is 0 Å². The summed E-state index contributed by atoms with van der Waals surface area (Å²) in [5, 5.41) is 3.08. The molecule has 1 N–H and O–H groups in total. The number of carbonyl (C=O) groups is 1. The van der Waals surface area contributed by atoms with E-state index in [1.165, 1.54) is 11.6 Å². The van der Waals surface area contributed by atoms with Gasteiger partial charge in [0.05, 0.1) is 5.56 Å². The maximum Gasteiger partial charge on any atom is 0.416 e. The summed E-state index contributed by atoms with van der Waals surface area (Å²) in [7, 11) is 1.83. The molecule has 0 radical (unpaired) electrons. The molecule has 1 aromatic heterocycles. The van der Waals surface area contributed by atoms with Crippen LogP contribution in [0.5, 0.6) is 0 Å². The largest absolute Gasteiger partial charge is 0.435 e. The lowest BCUT2D eigenvalue weighted by Crippen LogP contribution is -2.49. The standard InChI is InChI=1S/C32H33F3N4O2/c1-31(2,3)23-12-8-22(9-13-23)29-37-27(28(41-29)21-10-14-25(36-4)15-11-21)30(40)39-18-16-38(17-19-39)26-7-5-6-24(20-26)32(33,34)35/h5-15,20,36H,16-19H2,1-4H3. The Morgan fingerprint density at radius 3 is 2.07 bits per heavy atom. The molecule has 1 amide bonds. The first kappa shape index (κ1) is 28.3. The van der Waals surface area contributed by atoms with Crippen LogP contribution < -0.4 is 10.2 Å². The lowest BCUT2D eigenvalue weighted by atomic mass is 9.87. The fraction of sp³-hybridized carbons (Fsp3) is 0.312. The number of halogens is 3. The molecule has 41 heavy (non-hydrogen) atoms. The molecule has 4 aromatic rings. The molecule has 0 saturated carbocycles. The van der Waals surface area contributed by atoms with Crippen molar-refractivity contribution in [2.24, 2.45) is 0 Å². The molecule has 0 bridgehead atoms. The van der Waals surface area contributed by atoms with Crippen molar-refractivity contribution in [3.8, 4) is 22.8 Å². The number of nitrogens with one attached hydrogen (secondary N) is 1. The van der Waals surface area contributed by atoms with Crippen molar-refractivity contribution in [2.75, 3.05) is 43.4 Å². The van der Waals surface area contributed by atoms with Crippen LogP contribution in [0.25, 0.3) is 22.8 Å². The van der Waals surface area contributed by atoms with E-state index in [1.807, 2.05) is 60.5 Å². The van der Waals surface area contributed by atoms with E-state index in [9.17, 15) is 18.0 Å². The van der Waals surface area contributed by atoms with Gasteiger partial charge in [0.1, 0.15) is 0 Å². The molecule has 9 heteroatoms. The Balaban J connectivity index is 1.41. The van der Waals surface area contributed by atoms with Gasteiger partial charge in [0.2, 0.25) is 5.89 Å². The minimum absolute atomic E-state index is 0.00727. The van der Waals surface area contributed by atoms with Gasteiger partial charge in [-0.1, -0.05) is 39.0 Å². The Morgan fingerprint density at radius 1 is 0.854 bits per heavy atom. The van der Waals surface area contributed by atoms with Gasteiger partial charge in [-0.05, 0) is 65.6 Å². The SMILES string of the molecule is CNc1ccc(-c2oc(-c3ccc(C(C)(C)C)cc3)nc2C(=O)N2CCN(c3cccc(C(F)(F)F)c3)CC2)cc1. The van der Waals surface area contributed by atoms with Crippen molar-refractivity contribution >= 4 is 17.3 Å². The van der Waals surface area contributed by atoms with Crippen molar-refractivity contribution in [1.82, 2.24) is 9.88 Å². The van der Waals surface area contributed by atoms with E-state index in [1.54, 1.807) is 11.0 Å². The summed E-state index contributed by atoms with van der Waals surface area (Å²) in [5.41, 5.74) is 3.58. The normalized spacial score (nSPS) is 14.3. The third kappa shape index (κ3) is 6.09. The number of carbonyl (C=O) groups excluding carboxylic acids is 1. The van der Waals surface area contributed by atoms with E-state index in [0.29, 0.717) is 43.5 Å².